The highest BCUT2D eigenvalue weighted by atomic mass is 16.5. The van der Waals surface area contributed by atoms with E-state index in [4.69, 9.17) is 10.5 Å². The third kappa shape index (κ3) is 3.76. The number of amides is 1. The molecule has 4 heteroatoms. The van der Waals surface area contributed by atoms with Crippen molar-refractivity contribution in [2.45, 2.75) is 45.7 Å². The predicted octanol–water partition coefficient (Wildman–Crippen LogP) is 2.73. The Morgan fingerprint density at radius 1 is 1.33 bits per heavy atom. The lowest BCUT2D eigenvalue weighted by Gasteiger charge is -2.28. The minimum absolute atomic E-state index is 0.00748. The summed E-state index contributed by atoms with van der Waals surface area (Å²) >= 11 is 0. The first-order valence-corrected chi connectivity index (χ1v) is 7.80. The SMILES string of the molecule is CCOc1ccc(C2C(N)CC(=O)N2CCC(C)C)cc1. The third-order valence-corrected chi connectivity index (χ3v) is 3.95. The number of carbonyl (C=O) groups excluding carboxylic acids is 1. The van der Waals surface area contributed by atoms with Gasteiger partial charge in [0.25, 0.3) is 0 Å². The van der Waals surface area contributed by atoms with Crippen LogP contribution >= 0.6 is 0 Å². The van der Waals surface area contributed by atoms with Gasteiger partial charge >= 0.3 is 0 Å². The number of likely N-dealkylation sites (tertiary alicyclic amines) is 1. The summed E-state index contributed by atoms with van der Waals surface area (Å²) in [6, 6.07) is 7.83. The second-order valence-corrected chi connectivity index (χ2v) is 6.08. The summed E-state index contributed by atoms with van der Waals surface area (Å²) in [5.41, 5.74) is 7.30. The van der Waals surface area contributed by atoms with Crippen molar-refractivity contribution >= 4 is 5.91 Å². The molecule has 1 amide bonds. The fourth-order valence-corrected chi connectivity index (χ4v) is 2.83. The molecule has 1 aromatic rings. The molecule has 0 radical (unpaired) electrons. The number of ether oxygens (including phenoxy) is 1. The Kier molecular flexibility index (Phi) is 5.23. The lowest BCUT2D eigenvalue weighted by Crippen LogP contribution is -2.34. The van der Waals surface area contributed by atoms with Gasteiger partial charge in [-0.2, -0.15) is 0 Å². The molecule has 116 valence electrons. The molecule has 4 nitrogen and oxygen atoms in total. The summed E-state index contributed by atoms with van der Waals surface area (Å²) in [6.07, 6.45) is 1.45. The second kappa shape index (κ2) is 6.94. The van der Waals surface area contributed by atoms with Crippen molar-refractivity contribution in [1.82, 2.24) is 4.90 Å². The van der Waals surface area contributed by atoms with Crippen molar-refractivity contribution in [3.8, 4) is 5.75 Å². The Hall–Kier alpha value is -1.55. The van der Waals surface area contributed by atoms with E-state index in [0.29, 0.717) is 18.9 Å². The van der Waals surface area contributed by atoms with Gasteiger partial charge in [0.2, 0.25) is 5.91 Å². The first-order valence-electron chi connectivity index (χ1n) is 7.80. The first-order chi connectivity index (χ1) is 10.0. The van der Waals surface area contributed by atoms with Crippen LogP contribution in [-0.2, 0) is 4.79 Å². The van der Waals surface area contributed by atoms with E-state index in [1.54, 1.807) is 0 Å². The van der Waals surface area contributed by atoms with Crippen LogP contribution in [0.4, 0.5) is 0 Å². The molecule has 1 fully saturated rings. The van der Waals surface area contributed by atoms with Crippen LogP contribution in [0.3, 0.4) is 0 Å². The van der Waals surface area contributed by atoms with E-state index in [0.717, 1.165) is 24.3 Å². The van der Waals surface area contributed by atoms with Gasteiger partial charge in [0.1, 0.15) is 5.75 Å². The molecule has 1 aliphatic heterocycles. The molecule has 2 rings (SSSR count). The number of carbonyl (C=O) groups is 1. The molecule has 0 spiro atoms. The minimum atomic E-state index is -0.123. The van der Waals surface area contributed by atoms with Gasteiger partial charge < -0.3 is 15.4 Å². The largest absolute Gasteiger partial charge is 0.494 e. The normalized spacial score (nSPS) is 22.1. The molecule has 2 N–H and O–H groups in total. The number of benzene rings is 1. The van der Waals surface area contributed by atoms with Gasteiger partial charge in [0.05, 0.1) is 12.6 Å². The molecule has 0 saturated carbocycles. The van der Waals surface area contributed by atoms with Crippen LogP contribution in [0.5, 0.6) is 5.75 Å². The molecule has 2 unspecified atom stereocenters. The van der Waals surface area contributed by atoms with Gasteiger partial charge in [-0.15, -0.1) is 0 Å². The summed E-state index contributed by atoms with van der Waals surface area (Å²) in [7, 11) is 0. The summed E-state index contributed by atoms with van der Waals surface area (Å²) < 4.78 is 5.47. The zero-order chi connectivity index (χ0) is 15.4. The second-order valence-electron chi connectivity index (χ2n) is 6.08. The smallest absolute Gasteiger partial charge is 0.224 e. The first kappa shape index (κ1) is 15.8. The highest BCUT2D eigenvalue weighted by molar-refractivity contribution is 5.80. The van der Waals surface area contributed by atoms with E-state index in [-0.39, 0.29) is 18.0 Å². The lowest BCUT2D eigenvalue weighted by molar-refractivity contribution is -0.129. The molecular formula is C17H26N2O2. The molecule has 1 aliphatic rings. The van der Waals surface area contributed by atoms with Gasteiger partial charge in [-0.05, 0) is 37.0 Å². The Morgan fingerprint density at radius 3 is 2.57 bits per heavy atom. The van der Waals surface area contributed by atoms with Crippen molar-refractivity contribution in [1.29, 1.82) is 0 Å². The van der Waals surface area contributed by atoms with Crippen molar-refractivity contribution < 1.29 is 9.53 Å². The predicted molar refractivity (Wildman–Crippen MR) is 84.1 cm³/mol. The van der Waals surface area contributed by atoms with E-state index in [9.17, 15) is 4.79 Å². The summed E-state index contributed by atoms with van der Waals surface area (Å²) in [5.74, 6) is 1.60. The Bertz CT molecular complexity index is 470. The van der Waals surface area contributed by atoms with E-state index < -0.39 is 0 Å². The molecule has 1 saturated heterocycles. The number of rotatable bonds is 6. The van der Waals surface area contributed by atoms with Crippen molar-refractivity contribution in [2.24, 2.45) is 11.7 Å². The van der Waals surface area contributed by atoms with E-state index in [2.05, 4.69) is 13.8 Å². The van der Waals surface area contributed by atoms with Crippen LogP contribution in [0, 0.1) is 5.92 Å². The topological polar surface area (TPSA) is 55.6 Å². The van der Waals surface area contributed by atoms with Crippen molar-refractivity contribution in [3.05, 3.63) is 29.8 Å². The highest BCUT2D eigenvalue weighted by Crippen LogP contribution is 2.33. The maximum atomic E-state index is 12.2. The van der Waals surface area contributed by atoms with Crippen LogP contribution in [0.2, 0.25) is 0 Å². The number of nitrogens with zero attached hydrogens (tertiary/aromatic N) is 1. The van der Waals surface area contributed by atoms with Gasteiger partial charge in [-0.3, -0.25) is 4.79 Å². The molecular weight excluding hydrogens is 264 g/mol. The van der Waals surface area contributed by atoms with Crippen LogP contribution in [0.15, 0.2) is 24.3 Å². The van der Waals surface area contributed by atoms with Crippen LogP contribution in [0.25, 0.3) is 0 Å². The van der Waals surface area contributed by atoms with E-state index in [1.165, 1.54) is 0 Å². The quantitative estimate of drug-likeness (QED) is 0.876. The molecule has 0 bridgehead atoms. The summed E-state index contributed by atoms with van der Waals surface area (Å²) in [5, 5.41) is 0. The summed E-state index contributed by atoms with van der Waals surface area (Å²) in [4.78, 5) is 14.1. The van der Waals surface area contributed by atoms with Crippen LogP contribution < -0.4 is 10.5 Å². The zero-order valence-corrected chi connectivity index (χ0v) is 13.2. The number of hydrogen-bond acceptors (Lipinski definition) is 3. The minimum Gasteiger partial charge on any atom is -0.494 e. The monoisotopic (exact) mass is 290 g/mol. The van der Waals surface area contributed by atoms with Crippen molar-refractivity contribution in [3.63, 3.8) is 0 Å². The van der Waals surface area contributed by atoms with Crippen LogP contribution in [-0.4, -0.2) is 30.0 Å². The number of hydrogen-bond donors (Lipinski definition) is 1. The maximum absolute atomic E-state index is 12.2. The van der Waals surface area contributed by atoms with Gasteiger partial charge in [-0.1, -0.05) is 26.0 Å². The molecule has 21 heavy (non-hydrogen) atoms. The van der Waals surface area contributed by atoms with Crippen LogP contribution in [0.1, 0.15) is 45.2 Å². The maximum Gasteiger partial charge on any atom is 0.224 e. The van der Waals surface area contributed by atoms with Gasteiger partial charge in [0.15, 0.2) is 0 Å². The molecule has 1 heterocycles. The standard InChI is InChI=1S/C17H26N2O2/c1-4-21-14-7-5-13(6-8-14)17-15(18)11-16(20)19(17)10-9-12(2)3/h5-8,12,15,17H,4,9-11,18H2,1-3H3. The average molecular weight is 290 g/mol. The third-order valence-electron chi connectivity index (χ3n) is 3.95. The molecule has 0 aromatic heterocycles. The highest BCUT2D eigenvalue weighted by Gasteiger charge is 2.38. The lowest BCUT2D eigenvalue weighted by atomic mass is 10.00. The molecule has 0 aliphatic carbocycles. The average Bonchev–Trinajstić information content (AvgIpc) is 2.72. The Morgan fingerprint density at radius 2 is 2.00 bits per heavy atom. The fraction of sp³-hybridized carbons (Fsp3) is 0.588. The Labute approximate surface area is 127 Å². The molecule has 2 atom stereocenters. The van der Waals surface area contributed by atoms with Crippen molar-refractivity contribution in [2.75, 3.05) is 13.2 Å². The number of nitrogens with two attached hydrogens (primary N) is 1. The fourth-order valence-electron chi connectivity index (χ4n) is 2.83. The van der Waals surface area contributed by atoms with E-state index >= 15 is 0 Å². The Balaban J connectivity index is 2.15. The summed E-state index contributed by atoms with van der Waals surface area (Å²) in [6.45, 7) is 7.75. The van der Waals surface area contributed by atoms with Gasteiger partial charge in [0, 0.05) is 19.0 Å². The molecule has 1 aromatic carbocycles. The zero-order valence-electron chi connectivity index (χ0n) is 13.2. The van der Waals surface area contributed by atoms with Gasteiger partial charge in [-0.25, -0.2) is 0 Å². The van der Waals surface area contributed by atoms with E-state index in [1.807, 2.05) is 36.1 Å².